The Morgan fingerprint density at radius 2 is 1.90 bits per heavy atom. The molecule has 7 heteroatoms. The van der Waals surface area contributed by atoms with E-state index in [2.05, 4.69) is 6.92 Å². The average Bonchev–Trinajstić information content (AvgIpc) is 3.11. The van der Waals surface area contributed by atoms with Crippen molar-refractivity contribution in [2.45, 2.75) is 81.3 Å². The summed E-state index contributed by atoms with van der Waals surface area (Å²) in [7, 11) is 0. The van der Waals surface area contributed by atoms with Crippen LogP contribution in [0.4, 0.5) is 0 Å². The first-order valence-electron chi connectivity index (χ1n) is 10.4. The minimum atomic E-state index is -0.923. The predicted octanol–water partition coefficient (Wildman–Crippen LogP) is 5.59. The highest BCUT2D eigenvalue weighted by Gasteiger charge is 2.31. The van der Waals surface area contributed by atoms with E-state index in [1.165, 1.54) is 36.4 Å². The smallest absolute Gasteiger partial charge is 0.350 e. The van der Waals surface area contributed by atoms with E-state index in [9.17, 15) is 15.2 Å². The zero-order chi connectivity index (χ0) is 21.9. The Kier molecular flexibility index (Phi) is 7.43. The maximum Gasteiger partial charge on any atom is 0.350 e. The summed E-state index contributed by atoms with van der Waals surface area (Å²) in [6.45, 7) is 7.68. The van der Waals surface area contributed by atoms with Crippen LogP contribution in [0.5, 0.6) is 5.75 Å². The fourth-order valence-corrected chi connectivity index (χ4v) is 6.08. The maximum absolute atomic E-state index is 12.5. The molecule has 1 N–H and O–H groups in total. The van der Waals surface area contributed by atoms with Crippen molar-refractivity contribution in [1.29, 1.82) is 5.26 Å². The van der Waals surface area contributed by atoms with E-state index in [-0.39, 0.29) is 18.3 Å². The van der Waals surface area contributed by atoms with Gasteiger partial charge in [-0.05, 0) is 64.0 Å². The molecule has 1 heterocycles. The fraction of sp³-hybridized carbons (Fsp3) is 0.565. The van der Waals surface area contributed by atoms with Gasteiger partial charge < -0.3 is 14.6 Å². The van der Waals surface area contributed by atoms with Crippen molar-refractivity contribution in [3.63, 3.8) is 0 Å². The minimum absolute atomic E-state index is 0.00814. The number of carbonyl (C=O) groups excluding carboxylic acids is 1. The van der Waals surface area contributed by atoms with Crippen LogP contribution in [-0.4, -0.2) is 29.4 Å². The maximum atomic E-state index is 12.5. The number of hydrogen-bond acceptors (Lipinski definition) is 7. The van der Waals surface area contributed by atoms with Crippen LogP contribution in [0.2, 0.25) is 0 Å². The van der Waals surface area contributed by atoms with Crippen LogP contribution in [0.3, 0.4) is 0 Å². The lowest BCUT2D eigenvalue weighted by Gasteiger charge is -2.27. The van der Waals surface area contributed by atoms with Gasteiger partial charge in [-0.1, -0.05) is 36.5 Å². The second-order valence-corrected chi connectivity index (χ2v) is 11.0. The van der Waals surface area contributed by atoms with Crippen molar-refractivity contribution in [3.05, 3.63) is 27.5 Å². The number of aliphatic hydroxyl groups is 1. The average molecular weight is 448 g/mol. The highest BCUT2D eigenvalue weighted by Crippen LogP contribution is 2.57. The normalized spacial score (nSPS) is 22.8. The van der Waals surface area contributed by atoms with E-state index >= 15 is 0 Å². The Morgan fingerprint density at radius 3 is 2.53 bits per heavy atom. The third-order valence-corrected chi connectivity index (χ3v) is 8.13. The molecule has 5 nitrogen and oxygen atoms in total. The lowest BCUT2D eigenvalue weighted by atomic mass is 9.89. The number of fused-ring (bicyclic) bond motifs is 1. The topological polar surface area (TPSA) is 79.5 Å². The van der Waals surface area contributed by atoms with Crippen molar-refractivity contribution in [3.8, 4) is 11.8 Å². The largest absolute Gasteiger partial charge is 0.489 e. The van der Waals surface area contributed by atoms with Crippen LogP contribution in [-0.2, 0) is 9.53 Å². The van der Waals surface area contributed by atoms with Crippen molar-refractivity contribution in [2.24, 2.45) is 5.92 Å². The van der Waals surface area contributed by atoms with Crippen molar-refractivity contribution in [2.75, 3.05) is 6.61 Å². The Labute approximate surface area is 187 Å². The molecule has 0 amide bonds. The second-order valence-electron chi connectivity index (χ2n) is 8.72. The van der Waals surface area contributed by atoms with Gasteiger partial charge in [-0.2, -0.15) is 5.26 Å². The first-order valence-corrected chi connectivity index (χ1v) is 12.0. The zero-order valence-corrected chi connectivity index (χ0v) is 19.6. The summed E-state index contributed by atoms with van der Waals surface area (Å²) in [5.74, 6) is 0.940. The molecule has 1 aromatic rings. The molecule has 1 saturated carbocycles. The van der Waals surface area contributed by atoms with Gasteiger partial charge in [0.2, 0.25) is 0 Å². The summed E-state index contributed by atoms with van der Waals surface area (Å²) in [4.78, 5) is 14.5. The van der Waals surface area contributed by atoms with E-state index in [1.54, 1.807) is 13.8 Å². The number of benzene rings is 1. The Morgan fingerprint density at radius 1 is 1.23 bits per heavy atom. The van der Waals surface area contributed by atoms with E-state index in [0.717, 1.165) is 39.9 Å². The number of nitriles is 1. The van der Waals surface area contributed by atoms with Crippen LogP contribution in [0.1, 0.15) is 58.4 Å². The SMILES string of the molecule is Cc1ccc(OC2CCC(C)CC2)c2c1S/C(=C(\C#N)C(=O)OCCC(C)(C)O)S2. The first kappa shape index (κ1) is 23.1. The predicted molar refractivity (Wildman–Crippen MR) is 119 cm³/mol. The summed E-state index contributed by atoms with van der Waals surface area (Å²) in [5, 5.41) is 19.4. The van der Waals surface area contributed by atoms with Crippen LogP contribution in [0.25, 0.3) is 0 Å². The Bertz CT molecular complexity index is 874. The molecule has 0 radical (unpaired) electrons. The van der Waals surface area contributed by atoms with Crippen molar-refractivity contribution >= 4 is 29.5 Å². The third-order valence-electron chi connectivity index (χ3n) is 5.39. The van der Waals surface area contributed by atoms with Gasteiger partial charge in [0.15, 0.2) is 5.57 Å². The molecular formula is C23H29NO4S2. The lowest BCUT2D eigenvalue weighted by Crippen LogP contribution is -2.23. The van der Waals surface area contributed by atoms with Crippen LogP contribution >= 0.6 is 23.5 Å². The molecule has 0 spiro atoms. The van der Waals surface area contributed by atoms with Gasteiger partial charge in [0.25, 0.3) is 0 Å². The first-order chi connectivity index (χ1) is 14.2. The number of ether oxygens (including phenoxy) is 2. The monoisotopic (exact) mass is 447 g/mol. The molecule has 1 aliphatic carbocycles. The van der Waals surface area contributed by atoms with Crippen LogP contribution < -0.4 is 4.74 Å². The number of esters is 1. The van der Waals surface area contributed by atoms with Gasteiger partial charge in [0.05, 0.1) is 27.4 Å². The van der Waals surface area contributed by atoms with E-state index < -0.39 is 11.6 Å². The van der Waals surface area contributed by atoms with Crippen LogP contribution in [0.15, 0.2) is 31.7 Å². The van der Waals surface area contributed by atoms with E-state index in [0.29, 0.717) is 10.7 Å². The molecule has 0 atom stereocenters. The number of rotatable bonds is 6. The van der Waals surface area contributed by atoms with Gasteiger partial charge in [-0.3, -0.25) is 0 Å². The van der Waals surface area contributed by atoms with Crippen molar-refractivity contribution in [1.82, 2.24) is 0 Å². The van der Waals surface area contributed by atoms with Gasteiger partial charge in [0, 0.05) is 11.3 Å². The molecule has 0 unspecified atom stereocenters. The van der Waals surface area contributed by atoms with Gasteiger partial charge in [-0.25, -0.2) is 4.79 Å². The molecule has 1 aliphatic heterocycles. The molecule has 3 rings (SSSR count). The Hall–Kier alpha value is -1.62. The number of nitrogens with zero attached hydrogens (tertiary/aromatic N) is 1. The molecule has 162 valence electrons. The van der Waals surface area contributed by atoms with Gasteiger partial charge >= 0.3 is 5.97 Å². The second kappa shape index (κ2) is 9.67. The van der Waals surface area contributed by atoms with Gasteiger partial charge in [0.1, 0.15) is 11.8 Å². The number of aryl methyl sites for hydroxylation is 1. The summed E-state index contributed by atoms with van der Waals surface area (Å²) < 4.78 is 12.2. The quantitative estimate of drug-likeness (QED) is 0.346. The lowest BCUT2D eigenvalue weighted by molar-refractivity contribution is -0.139. The van der Waals surface area contributed by atoms with Crippen molar-refractivity contribution < 1.29 is 19.4 Å². The standard InChI is InChI=1S/C23H29NO4S2/c1-14-5-8-16(9-6-14)28-18-10-7-15(2)19-20(18)30-22(29-19)17(13-24)21(25)27-12-11-23(3,4)26/h7,10,14,16,26H,5-6,8-9,11-12H2,1-4H3/b22-17-. The molecule has 1 fully saturated rings. The summed E-state index contributed by atoms with van der Waals surface area (Å²) >= 11 is 2.84. The number of thioether (sulfide) groups is 2. The highest BCUT2D eigenvalue weighted by atomic mass is 32.2. The molecular weight excluding hydrogens is 418 g/mol. The summed E-state index contributed by atoms with van der Waals surface area (Å²) in [5.41, 5.74) is 0.178. The molecule has 0 bridgehead atoms. The van der Waals surface area contributed by atoms with E-state index in [4.69, 9.17) is 9.47 Å². The third kappa shape index (κ3) is 5.75. The number of hydrogen-bond donors (Lipinski definition) is 1. The zero-order valence-electron chi connectivity index (χ0n) is 18.0. The number of carbonyl (C=O) groups is 1. The van der Waals surface area contributed by atoms with Gasteiger partial charge in [-0.15, -0.1) is 0 Å². The molecule has 1 aromatic carbocycles. The highest BCUT2D eigenvalue weighted by molar-refractivity contribution is 8.24. The minimum Gasteiger partial charge on any atom is -0.489 e. The molecule has 0 saturated heterocycles. The fourth-order valence-electron chi connectivity index (χ4n) is 3.43. The van der Waals surface area contributed by atoms with E-state index in [1.807, 2.05) is 25.1 Å². The molecule has 30 heavy (non-hydrogen) atoms. The molecule has 0 aromatic heterocycles. The Balaban J connectivity index is 1.76. The summed E-state index contributed by atoms with van der Waals surface area (Å²) in [6.07, 6.45) is 5.00. The van der Waals surface area contributed by atoms with Crippen LogP contribution in [0, 0.1) is 24.2 Å². The summed E-state index contributed by atoms with van der Waals surface area (Å²) in [6, 6.07) is 6.04. The molecule has 2 aliphatic rings.